The van der Waals surface area contributed by atoms with Crippen LogP contribution in [0.4, 0.5) is 0 Å². The van der Waals surface area contributed by atoms with Gasteiger partial charge in [0.1, 0.15) is 0 Å². The summed E-state index contributed by atoms with van der Waals surface area (Å²) in [5, 5.41) is 0. The summed E-state index contributed by atoms with van der Waals surface area (Å²) in [5.74, 6) is 0.615. The van der Waals surface area contributed by atoms with E-state index >= 15 is 0 Å². The van der Waals surface area contributed by atoms with Crippen molar-refractivity contribution in [1.82, 2.24) is 14.7 Å². The van der Waals surface area contributed by atoms with E-state index in [1.165, 1.54) is 19.3 Å². The molecular weight excluding hydrogens is 290 g/mol. The molecule has 2 amide bonds. The van der Waals surface area contributed by atoms with Gasteiger partial charge in [0.2, 0.25) is 11.8 Å². The molecule has 3 rings (SSSR count). The molecule has 1 aliphatic carbocycles. The lowest BCUT2D eigenvalue weighted by atomic mass is 9.87. The zero-order valence-electron chi connectivity index (χ0n) is 14.6. The van der Waals surface area contributed by atoms with Gasteiger partial charge >= 0.3 is 0 Å². The van der Waals surface area contributed by atoms with Crippen molar-refractivity contribution >= 4 is 11.8 Å². The smallest absolute Gasteiger partial charge is 0.236 e. The minimum absolute atomic E-state index is 0.119. The molecule has 2 heterocycles. The molecule has 0 aromatic heterocycles. The monoisotopic (exact) mass is 321 g/mol. The second kappa shape index (κ2) is 7.20. The standard InChI is InChI=1S/C18H31N3O2/c1-18(7-3-4-8-18)17(23)21-13-11-19(12-14-21)15-16(22)20-9-5-2-6-10-20/h2-15H2,1H3. The van der Waals surface area contributed by atoms with Crippen LogP contribution in [0.1, 0.15) is 51.9 Å². The summed E-state index contributed by atoms with van der Waals surface area (Å²) in [7, 11) is 0. The number of likely N-dealkylation sites (tertiary alicyclic amines) is 1. The number of piperazine rings is 1. The number of hydrogen-bond donors (Lipinski definition) is 0. The van der Waals surface area contributed by atoms with Crippen LogP contribution in [-0.4, -0.2) is 72.3 Å². The Morgan fingerprint density at radius 1 is 0.783 bits per heavy atom. The van der Waals surface area contributed by atoms with E-state index in [1.54, 1.807) is 0 Å². The number of carbonyl (C=O) groups is 2. The van der Waals surface area contributed by atoms with E-state index in [0.29, 0.717) is 12.5 Å². The molecule has 0 aromatic rings. The van der Waals surface area contributed by atoms with Gasteiger partial charge in [-0.1, -0.05) is 19.8 Å². The molecule has 0 bridgehead atoms. The third-order valence-corrected chi connectivity index (χ3v) is 5.95. The molecule has 0 N–H and O–H groups in total. The van der Waals surface area contributed by atoms with Crippen molar-refractivity contribution in [1.29, 1.82) is 0 Å². The number of rotatable bonds is 3. The lowest BCUT2D eigenvalue weighted by Crippen LogP contribution is -2.54. The second-order valence-corrected chi connectivity index (χ2v) is 7.78. The van der Waals surface area contributed by atoms with Gasteiger partial charge in [0, 0.05) is 44.7 Å². The van der Waals surface area contributed by atoms with Crippen molar-refractivity contribution in [2.24, 2.45) is 5.41 Å². The summed E-state index contributed by atoms with van der Waals surface area (Å²) in [6.07, 6.45) is 8.00. The Labute approximate surface area is 140 Å². The maximum absolute atomic E-state index is 12.7. The van der Waals surface area contributed by atoms with Crippen LogP contribution in [0.2, 0.25) is 0 Å². The third-order valence-electron chi connectivity index (χ3n) is 5.95. The highest BCUT2D eigenvalue weighted by Gasteiger charge is 2.39. The minimum atomic E-state index is -0.119. The first kappa shape index (κ1) is 16.7. The van der Waals surface area contributed by atoms with Gasteiger partial charge in [0.15, 0.2) is 0 Å². The zero-order chi connectivity index (χ0) is 16.3. The lowest BCUT2D eigenvalue weighted by molar-refractivity contribution is -0.143. The first-order valence-electron chi connectivity index (χ1n) is 9.38. The fourth-order valence-electron chi connectivity index (χ4n) is 4.29. The van der Waals surface area contributed by atoms with E-state index in [0.717, 1.165) is 65.0 Å². The number of carbonyl (C=O) groups excluding carboxylic acids is 2. The molecule has 3 fully saturated rings. The Morgan fingerprint density at radius 2 is 1.39 bits per heavy atom. The predicted molar refractivity (Wildman–Crippen MR) is 90.0 cm³/mol. The number of piperidine rings is 1. The molecule has 0 unspecified atom stereocenters. The molecule has 0 atom stereocenters. The summed E-state index contributed by atoms with van der Waals surface area (Å²) in [6.45, 7) is 7.74. The quantitative estimate of drug-likeness (QED) is 0.795. The molecular formula is C18H31N3O2. The summed E-state index contributed by atoms with van der Waals surface area (Å²) in [4.78, 5) is 31.3. The van der Waals surface area contributed by atoms with E-state index in [-0.39, 0.29) is 11.3 Å². The molecule has 0 radical (unpaired) electrons. The maximum Gasteiger partial charge on any atom is 0.236 e. The van der Waals surface area contributed by atoms with Gasteiger partial charge < -0.3 is 9.80 Å². The number of nitrogens with zero attached hydrogens (tertiary/aromatic N) is 3. The van der Waals surface area contributed by atoms with Gasteiger partial charge in [0.25, 0.3) is 0 Å². The summed E-state index contributed by atoms with van der Waals surface area (Å²) in [5.41, 5.74) is -0.119. The molecule has 23 heavy (non-hydrogen) atoms. The summed E-state index contributed by atoms with van der Waals surface area (Å²) in [6, 6.07) is 0. The Bertz CT molecular complexity index is 432. The van der Waals surface area contributed by atoms with Crippen LogP contribution in [0.3, 0.4) is 0 Å². The van der Waals surface area contributed by atoms with Crippen LogP contribution < -0.4 is 0 Å². The largest absolute Gasteiger partial charge is 0.342 e. The topological polar surface area (TPSA) is 43.9 Å². The number of amides is 2. The first-order chi connectivity index (χ1) is 11.1. The van der Waals surface area contributed by atoms with Gasteiger partial charge in [-0.2, -0.15) is 0 Å². The molecule has 5 heteroatoms. The van der Waals surface area contributed by atoms with Gasteiger partial charge in [-0.3, -0.25) is 14.5 Å². The SMILES string of the molecule is CC1(C(=O)N2CCN(CC(=O)N3CCCCC3)CC2)CCCC1. The van der Waals surface area contributed by atoms with Crippen molar-refractivity contribution in [3.8, 4) is 0 Å². The normalized spacial score (nSPS) is 25.6. The lowest BCUT2D eigenvalue weighted by Gasteiger charge is -2.39. The van der Waals surface area contributed by atoms with Gasteiger partial charge in [-0.05, 0) is 32.1 Å². The maximum atomic E-state index is 12.7. The second-order valence-electron chi connectivity index (χ2n) is 7.78. The van der Waals surface area contributed by atoms with Crippen molar-refractivity contribution in [2.75, 3.05) is 45.8 Å². The Kier molecular flexibility index (Phi) is 5.24. The van der Waals surface area contributed by atoms with Crippen LogP contribution in [0.15, 0.2) is 0 Å². The summed E-state index contributed by atoms with van der Waals surface area (Å²) >= 11 is 0. The molecule has 5 nitrogen and oxygen atoms in total. The van der Waals surface area contributed by atoms with Gasteiger partial charge in [0.05, 0.1) is 6.54 Å². The van der Waals surface area contributed by atoms with Crippen molar-refractivity contribution < 1.29 is 9.59 Å². The van der Waals surface area contributed by atoms with Crippen LogP contribution in [0.5, 0.6) is 0 Å². The van der Waals surface area contributed by atoms with E-state index in [9.17, 15) is 9.59 Å². The van der Waals surface area contributed by atoms with E-state index in [1.807, 2.05) is 9.80 Å². The molecule has 2 aliphatic heterocycles. The van der Waals surface area contributed by atoms with Crippen LogP contribution in [-0.2, 0) is 9.59 Å². The van der Waals surface area contributed by atoms with E-state index < -0.39 is 0 Å². The molecule has 2 saturated heterocycles. The third kappa shape index (κ3) is 3.87. The van der Waals surface area contributed by atoms with Crippen molar-refractivity contribution in [3.05, 3.63) is 0 Å². The van der Waals surface area contributed by atoms with Crippen LogP contribution in [0, 0.1) is 5.41 Å². The first-order valence-corrected chi connectivity index (χ1v) is 9.38. The molecule has 3 aliphatic rings. The highest BCUT2D eigenvalue weighted by molar-refractivity contribution is 5.83. The van der Waals surface area contributed by atoms with Crippen molar-refractivity contribution in [2.45, 2.75) is 51.9 Å². The fraction of sp³-hybridized carbons (Fsp3) is 0.889. The highest BCUT2D eigenvalue weighted by Crippen LogP contribution is 2.39. The molecule has 0 aromatic carbocycles. The Hall–Kier alpha value is -1.10. The van der Waals surface area contributed by atoms with Gasteiger partial charge in [-0.15, -0.1) is 0 Å². The molecule has 130 valence electrons. The predicted octanol–water partition coefficient (Wildman–Crippen LogP) is 1.72. The Balaban J connectivity index is 1.44. The Morgan fingerprint density at radius 3 is 2.00 bits per heavy atom. The van der Waals surface area contributed by atoms with Crippen LogP contribution >= 0.6 is 0 Å². The number of hydrogen-bond acceptors (Lipinski definition) is 3. The zero-order valence-corrected chi connectivity index (χ0v) is 14.6. The van der Waals surface area contributed by atoms with Crippen molar-refractivity contribution in [3.63, 3.8) is 0 Å². The minimum Gasteiger partial charge on any atom is -0.342 e. The average molecular weight is 321 g/mol. The van der Waals surface area contributed by atoms with Crippen LogP contribution in [0.25, 0.3) is 0 Å². The summed E-state index contributed by atoms with van der Waals surface area (Å²) < 4.78 is 0. The average Bonchev–Trinajstić information content (AvgIpc) is 3.03. The van der Waals surface area contributed by atoms with E-state index in [2.05, 4.69) is 11.8 Å². The highest BCUT2D eigenvalue weighted by atomic mass is 16.2. The van der Waals surface area contributed by atoms with E-state index in [4.69, 9.17) is 0 Å². The van der Waals surface area contributed by atoms with Gasteiger partial charge in [-0.25, -0.2) is 0 Å². The molecule has 1 saturated carbocycles. The fourth-order valence-corrected chi connectivity index (χ4v) is 4.29. The molecule has 0 spiro atoms.